The summed E-state index contributed by atoms with van der Waals surface area (Å²) in [7, 11) is 1.81. The average molecular weight is 316 g/mol. The third-order valence-electron chi connectivity index (χ3n) is 6.50. The van der Waals surface area contributed by atoms with Crippen molar-refractivity contribution >= 4 is 0 Å². The monoisotopic (exact) mass is 315 g/mol. The Labute approximate surface area is 141 Å². The van der Waals surface area contributed by atoms with Crippen LogP contribution in [0.25, 0.3) is 0 Å². The van der Waals surface area contributed by atoms with Gasteiger partial charge in [-0.1, -0.05) is 51.2 Å². The van der Waals surface area contributed by atoms with Gasteiger partial charge in [-0.3, -0.25) is 0 Å². The highest BCUT2D eigenvalue weighted by atomic mass is 16.5. The zero-order valence-electron chi connectivity index (χ0n) is 14.9. The normalized spacial score (nSPS) is 27.6. The van der Waals surface area contributed by atoms with Gasteiger partial charge in [0.05, 0.1) is 7.11 Å². The Bertz CT molecular complexity index is 511. The second-order valence-corrected chi connectivity index (χ2v) is 7.96. The molecule has 3 rings (SSSR count). The number of ether oxygens (including phenoxy) is 1. The first-order chi connectivity index (χ1) is 11.2. The molecule has 0 unspecified atom stereocenters. The third-order valence-corrected chi connectivity index (χ3v) is 6.50. The Hall–Kier alpha value is -1.02. The molecule has 2 saturated carbocycles. The van der Waals surface area contributed by atoms with Crippen LogP contribution in [0, 0.1) is 5.92 Å². The van der Waals surface area contributed by atoms with Crippen LogP contribution in [0.4, 0.5) is 0 Å². The van der Waals surface area contributed by atoms with E-state index < -0.39 is 0 Å². The summed E-state index contributed by atoms with van der Waals surface area (Å²) >= 11 is 0. The average Bonchev–Trinajstić information content (AvgIpc) is 2.62. The third kappa shape index (κ3) is 3.42. The molecule has 2 aliphatic rings. The van der Waals surface area contributed by atoms with Crippen LogP contribution in [0.3, 0.4) is 0 Å². The summed E-state index contributed by atoms with van der Waals surface area (Å²) in [5, 5.41) is 0. The summed E-state index contributed by atoms with van der Waals surface area (Å²) in [5.41, 5.74) is 9.37. The van der Waals surface area contributed by atoms with Crippen LogP contribution in [0.2, 0.25) is 0 Å². The maximum Gasteiger partial charge on any atom is 0.122 e. The number of rotatable bonds is 4. The Morgan fingerprint density at radius 1 is 1.09 bits per heavy atom. The van der Waals surface area contributed by atoms with E-state index in [4.69, 9.17) is 10.5 Å². The molecule has 128 valence electrons. The molecular weight excluding hydrogens is 282 g/mol. The minimum Gasteiger partial charge on any atom is -0.496 e. The van der Waals surface area contributed by atoms with Crippen molar-refractivity contribution < 1.29 is 4.74 Å². The van der Waals surface area contributed by atoms with Crippen molar-refractivity contribution in [3.63, 3.8) is 0 Å². The molecule has 2 N–H and O–H groups in total. The largest absolute Gasteiger partial charge is 0.496 e. The maximum absolute atomic E-state index is 6.26. The van der Waals surface area contributed by atoms with Crippen LogP contribution in [0.15, 0.2) is 18.2 Å². The molecule has 2 aliphatic carbocycles. The smallest absolute Gasteiger partial charge is 0.122 e. The predicted octanol–water partition coefficient (Wildman–Crippen LogP) is 5.15. The van der Waals surface area contributed by atoms with Crippen molar-refractivity contribution in [3.05, 3.63) is 29.3 Å². The van der Waals surface area contributed by atoms with Gasteiger partial charge in [-0.05, 0) is 54.7 Å². The van der Waals surface area contributed by atoms with Crippen LogP contribution >= 0.6 is 0 Å². The van der Waals surface area contributed by atoms with Gasteiger partial charge in [0.25, 0.3) is 0 Å². The first-order valence-electron chi connectivity index (χ1n) is 9.57. The van der Waals surface area contributed by atoms with E-state index in [0.29, 0.717) is 5.92 Å². The van der Waals surface area contributed by atoms with E-state index in [0.717, 1.165) is 18.2 Å². The molecule has 1 aromatic carbocycles. The SMILES string of the molecule is COc1ccc(C2(CN)CCCCC2)cc1C1CCC(C)CC1. The highest BCUT2D eigenvalue weighted by molar-refractivity contribution is 5.43. The molecule has 0 heterocycles. The minimum atomic E-state index is 0.210. The molecule has 23 heavy (non-hydrogen) atoms. The number of hydrogen-bond acceptors (Lipinski definition) is 2. The topological polar surface area (TPSA) is 35.2 Å². The fourth-order valence-corrected chi connectivity index (χ4v) is 4.79. The van der Waals surface area contributed by atoms with Gasteiger partial charge < -0.3 is 10.5 Å². The lowest BCUT2D eigenvalue weighted by Crippen LogP contribution is -2.37. The van der Waals surface area contributed by atoms with E-state index >= 15 is 0 Å². The van der Waals surface area contributed by atoms with Gasteiger partial charge >= 0.3 is 0 Å². The summed E-state index contributed by atoms with van der Waals surface area (Å²) in [4.78, 5) is 0. The lowest BCUT2D eigenvalue weighted by molar-refractivity contribution is 0.298. The minimum absolute atomic E-state index is 0.210. The lowest BCUT2D eigenvalue weighted by Gasteiger charge is -2.38. The summed E-state index contributed by atoms with van der Waals surface area (Å²) in [6.45, 7) is 3.16. The second kappa shape index (κ2) is 7.25. The molecule has 2 nitrogen and oxygen atoms in total. The molecule has 1 aromatic rings. The van der Waals surface area contributed by atoms with Crippen molar-refractivity contribution in [1.29, 1.82) is 0 Å². The van der Waals surface area contributed by atoms with Crippen LogP contribution in [-0.4, -0.2) is 13.7 Å². The van der Waals surface area contributed by atoms with E-state index in [-0.39, 0.29) is 5.41 Å². The van der Waals surface area contributed by atoms with E-state index in [9.17, 15) is 0 Å². The summed E-state index contributed by atoms with van der Waals surface area (Å²) in [6, 6.07) is 6.94. The number of hydrogen-bond donors (Lipinski definition) is 1. The van der Waals surface area contributed by atoms with Crippen LogP contribution in [0.5, 0.6) is 5.75 Å². The number of methoxy groups -OCH3 is 1. The van der Waals surface area contributed by atoms with E-state index in [1.165, 1.54) is 68.9 Å². The Morgan fingerprint density at radius 3 is 2.39 bits per heavy atom. The quantitative estimate of drug-likeness (QED) is 0.834. The zero-order chi connectivity index (χ0) is 16.3. The zero-order valence-corrected chi connectivity index (χ0v) is 14.9. The molecule has 2 heteroatoms. The molecule has 0 amide bonds. The fraction of sp³-hybridized carbons (Fsp3) is 0.714. The van der Waals surface area contributed by atoms with Gasteiger partial charge in [-0.2, -0.15) is 0 Å². The van der Waals surface area contributed by atoms with Gasteiger partial charge in [0.15, 0.2) is 0 Å². The molecule has 0 radical (unpaired) electrons. The van der Waals surface area contributed by atoms with E-state index in [1.54, 1.807) is 0 Å². The highest BCUT2D eigenvalue weighted by Crippen LogP contribution is 2.44. The van der Waals surface area contributed by atoms with Crippen LogP contribution in [0.1, 0.15) is 81.8 Å². The van der Waals surface area contributed by atoms with Gasteiger partial charge in [0.2, 0.25) is 0 Å². The molecule has 0 aromatic heterocycles. The first kappa shape index (κ1) is 16.8. The van der Waals surface area contributed by atoms with Crippen molar-refractivity contribution in [3.8, 4) is 5.75 Å². The molecule has 0 saturated heterocycles. The second-order valence-electron chi connectivity index (χ2n) is 7.96. The number of benzene rings is 1. The lowest BCUT2D eigenvalue weighted by atomic mass is 9.68. The number of nitrogens with two attached hydrogens (primary N) is 1. The van der Waals surface area contributed by atoms with E-state index in [2.05, 4.69) is 25.1 Å². The van der Waals surface area contributed by atoms with Gasteiger partial charge in [-0.15, -0.1) is 0 Å². The molecule has 0 bridgehead atoms. The maximum atomic E-state index is 6.26. The first-order valence-corrected chi connectivity index (χ1v) is 9.57. The Kier molecular flexibility index (Phi) is 5.31. The molecule has 0 aliphatic heterocycles. The van der Waals surface area contributed by atoms with Crippen molar-refractivity contribution in [2.24, 2.45) is 11.7 Å². The molecule has 0 spiro atoms. The van der Waals surface area contributed by atoms with Gasteiger partial charge in [0.1, 0.15) is 5.75 Å². The molecule has 0 atom stereocenters. The van der Waals surface area contributed by atoms with Gasteiger partial charge in [-0.25, -0.2) is 0 Å². The van der Waals surface area contributed by atoms with Gasteiger partial charge in [0, 0.05) is 12.0 Å². The molecule has 2 fully saturated rings. The Morgan fingerprint density at radius 2 is 1.78 bits per heavy atom. The fourth-order valence-electron chi connectivity index (χ4n) is 4.79. The van der Waals surface area contributed by atoms with E-state index in [1.807, 2.05) is 7.11 Å². The summed E-state index contributed by atoms with van der Waals surface area (Å²) < 4.78 is 5.70. The van der Waals surface area contributed by atoms with Crippen LogP contribution in [-0.2, 0) is 5.41 Å². The van der Waals surface area contributed by atoms with Crippen LogP contribution < -0.4 is 10.5 Å². The Balaban J connectivity index is 1.92. The predicted molar refractivity (Wildman–Crippen MR) is 97.2 cm³/mol. The summed E-state index contributed by atoms with van der Waals surface area (Å²) in [5.74, 6) is 2.63. The van der Waals surface area contributed by atoms with Crippen molar-refractivity contribution in [2.75, 3.05) is 13.7 Å². The van der Waals surface area contributed by atoms with Crippen molar-refractivity contribution in [1.82, 2.24) is 0 Å². The summed E-state index contributed by atoms with van der Waals surface area (Å²) in [6.07, 6.45) is 11.8. The molecular formula is C21H33NO. The highest BCUT2D eigenvalue weighted by Gasteiger charge is 2.33. The van der Waals surface area contributed by atoms with Crippen molar-refractivity contribution in [2.45, 2.75) is 76.0 Å². The standard InChI is InChI=1S/C21H33NO/c1-16-6-8-17(9-7-16)19-14-18(10-11-20(19)23-2)21(15-22)12-4-3-5-13-21/h10-11,14,16-17H,3-9,12-13,15,22H2,1-2H3.